The number of hydrogen-bond acceptors (Lipinski definition) is 4. The van der Waals surface area contributed by atoms with E-state index in [0.717, 1.165) is 12.1 Å². The van der Waals surface area contributed by atoms with Crippen LogP contribution in [0, 0.1) is 5.82 Å². The number of ketones is 1. The molecule has 2 rings (SSSR count). The van der Waals surface area contributed by atoms with Crippen molar-refractivity contribution in [3.8, 4) is 5.75 Å². The smallest absolute Gasteiger partial charge is 0.180 e. The number of thiophene rings is 1. The van der Waals surface area contributed by atoms with E-state index in [1.165, 1.54) is 10.9 Å². The van der Waals surface area contributed by atoms with Gasteiger partial charge >= 0.3 is 0 Å². The third kappa shape index (κ3) is 4.12. The van der Waals surface area contributed by atoms with E-state index >= 15 is 0 Å². The lowest BCUT2D eigenvalue weighted by molar-refractivity contribution is 0.0896. The van der Waals surface area contributed by atoms with Crippen LogP contribution in [0.3, 0.4) is 0 Å². The van der Waals surface area contributed by atoms with Gasteiger partial charge in [-0.25, -0.2) is 4.39 Å². The summed E-state index contributed by atoms with van der Waals surface area (Å²) >= 11 is 1.63. The van der Waals surface area contributed by atoms with Crippen LogP contribution in [0.2, 0.25) is 0 Å². The standard InChI is InChI=1S/C16H18FNO2S/c1-11(2)18(9-13-4-3-7-21-13)10-16(20)14-8-12(17)5-6-15(14)19/h3-8,11,19H,9-10H2,1-2H3. The Kier molecular flexibility index (Phi) is 5.09. The largest absolute Gasteiger partial charge is 0.507 e. The second kappa shape index (κ2) is 6.83. The van der Waals surface area contributed by atoms with Crippen molar-refractivity contribution in [3.05, 3.63) is 52.0 Å². The summed E-state index contributed by atoms with van der Waals surface area (Å²) in [5.74, 6) is -0.982. The van der Waals surface area contributed by atoms with Crippen molar-refractivity contribution in [2.75, 3.05) is 6.54 Å². The average Bonchev–Trinajstić information content (AvgIpc) is 2.93. The Balaban J connectivity index is 2.12. The predicted molar refractivity (Wildman–Crippen MR) is 82.3 cm³/mol. The summed E-state index contributed by atoms with van der Waals surface area (Å²) in [5, 5.41) is 11.7. The van der Waals surface area contributed by atoms with E-state index in [4.69, 9.17) is 0 Å². The van der Waals surface area contributed by atoms with Gasteiger partial charge < -0.3 is 5.11 Å². The van der Waals surface area contributed by atoms with Crippen LogP contribution in [-0.2, 0) is 6.54 Å². The summed E-state index contributed by atoms with van der Waals surface area (Å²) in [7, 11) is 0. The van der Waals surface area contributed by atoms with E-state index in [1.807, 2.05) is 36.3 Å². The molecule has 1 N–H and O–H groups in total. The first kappa shape index (κ1) is 15.7. The number of carbonyl (C=O) groups is 1. The zero-order valence-corrected chi connectivity index (χ0v) is 12.9. The third-order valence-corrected chi connectivity index (χ3v) is 4.14. The van der Waals surface area contributed by atoms with Crippen molar-refractivity contribution in [3.63, 3.8) is 0 Å². The first-order valence-electron chi connectivity index (χ1n) is 6.75. The fraction of sp³-hybridized carbons (Fsp3) is 0.312. The van der Waals surface area contributed by atoms with Crippen LogP contribution in [0.5, 0.6) is 5.75 Å². The second-order valence-electron chi connectivity index (χ2n) is 5.16. The lowest BCUT2D eigenvalue weighted by atomic mass is 10.1. The molecule has 0 radical (unpaired) electrons. The lowest BCUT2D eigenvalue weighted by Gasteiger charge is -2.25. The molecule has 0 saturated carbocycles. The zero-order valence-electron chi connectivity index (χ0n) is 12.0. The van der Waals surface area contributed by atoms with Gasteiger partial charge in [-0.1, -0.05) is 6.07 Å². The Bertz CT molecular complexity index is 611. The summed E-state index contributed by atoms with van der Waals surface area (Å²) < 4.78 is 13.2. The fourth-order valence-electron chi connectivity index (χ4n) is 2.02. The van der Waals surface area contributed by atoms with E-state index < -0.39 is 5.82 Å². The van der Waals surface area contributed by atoms with Gasteiger partial charge in [-0.15, -0.1) is 11.3 Å². The number of halogens is 1. The molecule has 1 heterocycles. The minimum atomic E-state index is -0.523. The molecule has 0 saturated heterocycles. The zero-order chi connectivity index (χ0) is 15.4. The van der Waals surface area contributed by atoms with E-state index in [9.17, 15) is 14.3 Å². The summed E-state index contributed by atoms with van der Waals surface area (Å²) in [6.07, 6.45) is 0. The summed E-state index contributed by atoms with van der Waals surface area (Å²) in [4.78, 5) is 15.5. The summed E-state index contributed by atoms with van der Waals surface area (Å²) in [5.41, 5.74) is 0.0341. The molecule has 1 aromatic carbocycles. The van der Waals surface area contributed by atoms with Crippen LogP contribution in [-0.4, -0.2) is 28.4 Å². The van der Waals surface area contributed by atoms with E-state index in [-0.39, 0.29) is 29.7 Å². The topological polar surface area (TPSA) is 40.5 Å². The van der Waals surface area contributed by atoms with Crippen LogP contribution >= 0.6 is 11.3 Å². The molecule has 0 aliphatic carbocycles. The van der Waals surface area contributed by atoms with Crippen LogP contribution < -0.4 is 0 Å². The van der Waals surface area contributed by atoms with Crippen molar-refractivity contribution in [1.82, 2.24) is 4.90 Å². The molecule has 0 bridgehead atoms. The van der Waals surface area contributed by atoms with Crippen molar-refractivity contribution in [2.45, 2.75) is 26.4 Å². The molecule has 0 aliphatic rings. The molecule has 2 aromatic rings. The van der Waals surface area contributed by atoms with Gasteiger partial charge in [0.05, 0.1) is 12.1 Å². The van der Waals surface area contributed by atoms with Crippen LogP contribution in [0.4, 0.5) is 4.39 Å². The first-order valence-corrected chi connectivity index (χ1v) is 7.63. The molecular formula is C16H18FNO2S. The maximum Gasteiger partial charge on any atom is 0.180 e. The number of benzene rings is 1. The van der Waals surface area contributed by atoms with Gasteiger partial charge in [-0.2, -0.15) is 0 Å². The summed E-state index contributed by atoms with van der Waals surface area (Å²) in [6, 6.07) is 7.59. The van der Waals surface area contributed by atoms with Crippen molar-refractivity contribution >= 4 is 17.1 Å². The van der Waals surface area contributed by atoms with E-state index in [1.54, 1.807) is 11.3 Å². The Labute approximate surface area is 127 Å². The molecule has 0 fully saturated rings. The molecule has 0 atom stereocenters. The van der Waals surface area contributed by atoms with Crippen molar-refractivity contribution < 1.29 is 14.3 Å². The number of hydrogen-bond donors (Lipinski definition) is 1. The van der Waals surface area contributed by atoms with Crippen molar-refractivity contribution in [2.24, 2.45) is 0 Å². The number of phenols is 1. The fourth-order valence-corrected chi connectivity index (χ4v) is 2.75. The Morgan fingerprint density at radius 1 is 1.38 bits per heavy atom. The monoisotopic (exact) mass is 307 g/mol. The van der Waals surface area contributed by atoms with Crippen LogP contribution in [0.25, 0.3) is 0 Å². The molecule has 5 heteroatoms. The molecule has 0 aliphatic heterocycles. The quantitative estimate of drug-likeness (QED) is 0.828. The molecule has 112 valence electrons. The molecule has 1 aromatic heterocycles. The minimum Gasteiger partial charge on any atom is -0.507 e. The number of phenolic OH excluding ortho intramolecular Hbond substituents is 1. The van der Waals surface area contributed by atoms with E-state index in [0.29, 0.717) is 6.54 Å². The van der Waals surface area contributed by atoms with Crippen LogP contribution in [0.1, 0.15) is 29.1 Å². The summed E-state index contributed by atoms with van der Waals surface area (Å²) in [6.45, 7) is 4.82. The minimum absolute atomic E-state index is 0.0341. The Hall–Kier alpha value is -1.72. The maximum absolute atomic E-state index is 13.2. The lowest BCUT2D eigenvalue weighted by Crippen LogP contribution is -2.35. The highest BCUT2D eigenvalue weighted by Crippen LogP contribution is 2.20. The highest BCUT2D eigenvalue weighted by molar-refractivity contribution is 7.09. The molecular weight excluding hydrogens is 289 g/mol. The third-order valence-electron chi connectivity index (χ3n) is 3.28. The maximum atomic E-state index is 13.2. The number of Topliss-reactive ketones (excluding diaryl/α,β-unsaturated/α-hetero) is 1. The number of carbonyl (C=O) groups excluding carboxylic acids is 1. The molecule has 21 heavy (non-hydrogen) atoms. The molecule has 0 amide bonds. The van der Waals surface area contributed by atoms with Gasteiger partial charge in [-0.3, -0.25) is 9.69 Å². The predicted octanol–water partition coefficient (Wildman–Crippen LogP) is 3.69. The van der Waals surface area contributed by atoms with Gasteiger partial charge in [0, 0.05) is 17.5 Å². The van der Waals surface area contributed by atoms with Gasteiger partial charge in [0.1, 0.15) is 11.6 Å². The normalized spacial score (nSPS) is 11.3. The van der Waals surface area contributed by atoms with Gasteiger partial charge in [0.25, 0.3) is 0 Å². The van der Waals surface area contributed by atoms with Gasteiger partial charge in [0.2, 0.25) is 0 Å². The Morgan fingerprint density at radius 3 is 2.76 bits per heavy atom. The van der Waals surface area contributed by atoms with Gasteiger partial charge in [0.15, 0.2) is 5.78 Å². The van der Waals surface area contributed by atoms with E-state index in [2.05, 4.69) is 0 Å². The molecule has 0 unspecified atom stereocenters. The van der Waals surface area contributed by atoms with Gasteiger partial charge in [-0.05, 0) is 43.5 Å². The highest BCUT2D eigenvalue weighted by atomic mass is 32.1. The number of nitrogens with zero attached hydrogens (tertiary/aromatic N) is 1. The average molecular weight is 307 g/mol. The molecule has 3 nitrogen and oxygen atoms in total. The van der Waals surface area contributed by atoms with Crippen molar-refractivity contribution in [1.29, 1.82) is 0 Å². The highest BCUT2D eigenvalue weighted by Gasteiger charge is 2.19. The number of rotatable bonds is 6. The van der Waals surface area contributed by atoms with Crippen LogP contribution in [0.15, 0.2) is 35.7 Å². The molecule has 0 spiro atoms. The SMILES string of the molecule is CC(C)N(CC(=O)c1cc(F)ccc1O)Cc1cccs1. The second-order valence-corrected chi connectivity index (χ2v) is 6.19. The first-order chi connectivity index (χ1) is 9.97. The number of aromatic hydroxyl groups is 1. The Morgan fingerprint density at radius 2 is 2.14 bits per heavy atom.